The number of carbonyl (C=O) groups excluding carboxylic acids is 1. The van der Waals surface area contributed by atoms with Gasteiger partial charge in [0.25, 0.3) is 0 Å². The molecule has 1 aliphatic rings. The summed E-state index contributed by atoms with van der Waals surface area (Å²) in [6.07, 6.45) is 1.14. The van der Waals surface area contributed by atoms with Gasteiger partial charge in [-0.25, -0.2) is 17.9 Å². The van der Waals surface area contributed by atoms with Crippen LogP contribution in [0.25, 0.3) is 0 Å². The van der Waals surface area contributed by atoms with Crippen molar-refractivity contribution in [2.24, 2.45) is 0 Å². The van der Waals surface area contributed by atoms with Crippen molar-refractivity contribution in [3.63, 3.8) is 0 Å². The Balaban J connectivity index is 1.81. The Kier molecular flexibility index (Phi) is 8.23. The van der Waals surface area contributed by atoms with Gasteiger partial charge in [0.2, 0.25) is 10.0 Å². The molecule has 158 valence electrons. The summed E-state index contributed by atoms with van der Waals surface area (Å²) in [5.74, 6) is 0. The number of hydrogen-bond acceptors (Lipinski definition) is 5. The fourth-order valence-corrected chi connectivity index (χ4v) is 4.18. The van der Waals surface area contributed by atoms with Crippen molar-refractivity contribution in [1.82, 2.24) is 15.4 Å². The van der Waals surface area contributed by atoms with Gasteiger partial charge in [-0.1, -0.05) is 17.7 Å². The Hall–Kier alpha value is -1.68. The highest BCUT2D eigenvalue weighted by Gasteiger charge is 2.32. The van der Waals surface area contributed by atoms with E-state index in [2.05, 4.69) is 15.4 Å². The minimum atomic E-state index is -3.56. The lowest BCUT2D eigenvalue weighted by atomic mass is 9.97. The van der Waals surface area contributed by atoms with Crippen molar-refractivity contribution >= 4 is 16.1 Å². The number of sulfonamides is 1. The topological polar surface area (TPSA) is 117 Å². The van der Waals surface area contributed by atoms with Crippen LogP contribution in [-0.2, 0) is 14.8 Å². The van der Waals surface area contributed by atoms with Gasteiger partial charge < -0.3 is 20.5 Å². The van der Waals surface area contributed by atoms with Gasteiger partial charge in [-0.15, -0.1) is 0 Å². The maximum Gasteiger partial charge on any atom is 0.315 e. The van der Waals surface area contributed by atoms with E-state index in [4.69, 9.17) is 4.74 Å². The molecular formula is C19H31N3O5S. The number of ether oxygens (including phenoxy) is 1. The number of benzene rings is 1. The zero-order valence-electron chi connectivity index (χ0n) is 16.6. The molecule has 2 rings (SSSR count). The van der Waals surface area contributed by atoms with Gasteiger partial charge in [0.15, 0.2) is 0 Å². The van der Waals surface area contributed by atoms with Crippen molar-refractivity contribution in [3.05, 3.63) is 29.8 Å². The average molecular weight is 414 g/mol. The van der Waals surface area contributed by atoms with E-state index in [0.717, 1.165) is 5.56 Å². The Morgan fingerprint density at radius 1 is 1.25 bits per heavy atom. The molecule has 2 amide bonds. The summed E-state index contributed by atoms with van der Waals surface area (Å²) in [7, 11) is -3.56. The number of aliphatic hydroxyl groups is 1. The Bertz CT molecular complexity index is 736. The normalized spacial score (nSPS) is 22.8. The third kappa shape index (κ3) is 6.73. The van der Waals surface area contributed by atoms with Crippen molar-refractivity contribution in [3.8, 4) is 0 Å². The Morgan fingerprint density at radius 2 is 1.93 bits per heavy atom. The highest BCUT2D eigenvalue weighted by molar-refractivity contribution is 7.89. The number of nitrogens with one attached hydrogen (secondary N) is 3. The van der Waals surface area contributed by atoms with Crippen LogP contribution in [0.5, 0.6) is 0 Å². The second kappa shape index (κ2) is 10.2. The molecule has 8 nitrogen and oxygen atoms in total. The van der Waals surface area contributed by atoms with Gasteiger partial charge in [-0.05, 0) is 52.2 Å². The number of aliphatic hydroxyl groups excluding tert-OH is 1. The highest BCUT2D eigenvalue weighted by Crippen LogP contribution is 2.22. The molecule has 0 aromatic heterocycles. The molecule has 1 aliphatic heterocycles. The third-order valence-corrected chi connectivity index (χ3v) is 6.10. The predicted octanol–water partition coefficient (Wildman–Crippen LogP) is 1.28. The maximum absolute atomic E-state index is 12.3. The molecule has 1 aromatic rings. The summed E-state index contributed by atoms with van der Waals surface area (Å²) in [4.78, 5) is 12.1. The number of urea groups is 1. The van der Waals surface area contributed by atoms with Crippen molar-refractivity contribution < 1.29 is 23.1 Å². The summed E-state index contributed by atoms with van der Waals surface area (Å²) >= 11 is 0. The molecule has 1 fully saturated rings. The van der Waals surface area contributed by atoms with E-state index in [0.29, 0.717) is 19.3 Å². The first-order valence-electron chi connectivity index (χ1n) is 9.61. The Labute approximate surface area is 167 Å². The first-order valence-corrected chi connectivity index (χ1v) is 11.1. The van der Waals surface area contributed by atoms with Crippen LogP contribution in [0.3, 0.4) is 0 Å². The van der Waals surface area contributed by atoms with Crippen LogP contribution in [0, 0.1) is 6.92 Å². The predicted molar refractivity (Wildman–Crippen MR) is 107 cm³/mol. The summed E-state index contributed by atoms with van der Waals surface area (Å²) < 4.78 is 33.1. The quantitative estimate of drug-likeness (QED) is 0.512. The fourth-order valence-electron chi connectivity index (χ4n) is 3.14. The van der Waals surface area contributed by atoms with Gasteiger partial charge in [0.05, 0.1) is 23.6 Å². The van der Waals surface area contributed by atoms with E-state index in [9.17, 15) is 18.3 Å². The molecule has 0 saturated carbocycles. The molecule has 0 spiro atoms. The molecule has 0 aliphatic carbocycles. The van der Waals surface area contributed by atoms with Crippen LogP contribution < -0.4 is 15.4 Å². The SMILES string of the molecule is Cc1ccc(S(=O)(=O)NCC[C@@H]2CC[C@@H](NC(=O)NC(C)C)[C@H](CO)O2)cc1. The van der Waals surface area contributed by atoms with Crippen LogP contribution in [0.1, 0.15) is 38.7 Å². The molecule has 4 N–H and O–H groups in total. The third-order valence-electron chi connectivity index (χ3n) is 4.62. The first kappa shape index (κ1) is 22.6. The maximum atomic E-state index is 12.3. The second-order valence-electron chi connectivity index (χ2n) is 7.43. The molecule has 1 heterocycles. The van der Waals surface area contributed by atoms with E-state index in [1.54, 1.807) is 24.3 Å². The van der Waals surface area contributed by atoms with Gasteiger partial charge in [0, 0.05) is 12.6 Å². The Morgan fingerprint density at radius 3 is 2.54 bits per heavy atom. The minimum Gasteiger partial charge on any atom is -0.394 e. The van der Waals surface area contributed by atoms with Gasteiger partial charge in [0.1, 0.15) is 6.10 Å². The molecule has 3 atom stereocenters. The molecule has 28 heavy (non-hydrogen) atoms. The zero-order chi connectivity index (χ0) is 20.7. The number of rotatable bonds is 8. The van der Waals surface area contributed by atoms with Crippen LogP contribution in [0.15, 0.2) is 29.2 Å². The largest absolute Gasteiger partial charge is 0.394 e. The minimum absolute atomic E-state index is 0.0198. The standard InChI is InChI=1S/C19H31N3O5S/c1-13(2)21-19(24)22-17-9-6-15(27-18(17)12-23)10-11-20-28(25,26)16-7-4-14(3)5-8-16/h4-5,7-8,13,15,17-18,20,23H,6,9-12H2,1-3H3,(H2,21,22,24)/t15-,17+,18-/m0/s1. The van der Waals surface area contributed by atoms with Crippen molar-refractivity contribution in [1.29, 1.82) is 0 Å². The van der Waals surface area contributed by atoms with Gasteiger partial charge >= 0.3 is 6.03 Å². The van der Waals surface area contributed by atoms with E-state index < -0.39 is 16.1 Å². The van der Waals surface area contributed by atoms with Crippen LogP contribution in [-0.4, -0.2) is 57.0 Å². The summed E-state index contributed by atoms with van der Waals surface area (Å²) in [6.45, 7) is 5.67. The van der Waals surface area contributed by atoms with Gasteiger partial charge in [-0.3, -0.25) is 0 Å². The molecule has 1 saturated heterocycles. The average Bonchev–Trinajstić information content (AvgIpc) is 2.62. The molecule has 0 unspecified atom stereocenters. The molecular weight excluding hydrogens is 382 g/mol. The van der Waals surface area contributed by atoms with Crippen LogP contribution >= 0.6 is 0 Å². The first-order chi connectivity index (χ1) is 13.2. The fraction of sp³-hybridized carbons (Fsp3) is 0.632. The number of amides is 2. The molecule has 0 bridgehead atoms. The lowest BCUT2D eigenvalue weighted by molar-refractivity contribution is -0.0886. The zero-order valence-corrected chi connectivity index (χ0v) is 17.5. The highest BCUT2D eigenvalue weighted by atomic mass is 32.2. The van der Waals surface area contributed by atoms with E-state index in [1.165, 1.54) is 0 Å². The number of hydrogen-bond donors (Lipinski definition) is 4. The van der Waals surface area contributed by atoms with E-state index in [-0.39, 0.29) is 42.3 Å². The van der Waals surface area contributed by atoms with E-state index in [1.807, 2.05) is 20.8 Å². The molecule has 9 heteroatoms. The van der Waals surface area contributed by atoms with E-state index >= 15 is 0 Å². The smallest absolute Gasteiger partial charge is 0.315 e. The molecule has 0 radical (unpaired) electrons. The lowest BCUT2D eigenvalue weighted by Crippen LogP contribution is -2.54. The summed E-state index contributed by atoms with van der Waals surface area (Å²) in [6, 6.07) is 6.13. The second-order valence-corrected chi connectivity index (χ2v) is 9.20. The van der Waals surface area contributed by atoms with Gasteiger partial charge in [-0.2, -0.15) is 0 Å². The van der Waals surface area contributed by atoms with Crippen LogP contribution in [0.4, 0.5) is 4.79 Å². The molecule has 1 aromatic carbocycles. The summed E-state index contributed by atoms with van der Waals surface area (Å²) in [5.41, 5.74) is 0.995. The van der Waals surface area contributed by atoms with Crippen molar-refractivity contribution in [2.75, 3.05) is 13.2 Å². The number of aryl methyl sites for hydroxylation is 1. The monoisotopic (exact) mass is 413 g/mol. The van der Waals surface area contributed by atoms with Crippen molar-refractivity contribution in [2.45, 2.75) is 69.2 Å². The number of carbonyl (C=O) groups is 1. The lowest BCUT2D eigenvalue weighted by Gasteiger charge is -2.36. The summed E-state index contributed by atoms with van der Waals surface area (Å²) in [5, 5.41) is 15.2. The van der Waals surface area contributed by atoms with Crippen LogP contribution in [0.2, 0.25) is 0 Å².